The quantitative estimate of drug-likeness (QED) is 0.849. The Morgan fingerprint density at radius 3 is 2.44 bits per heavy atom. The van der Waals surface area contributed by atoms with E-state index in [0.717, 1.165) is 24.5 Å². The molecule has 0 aliphatic rings. The van der Waals surface area contributed by atoms with Crippen LogP contribution < -0.4 is 5.32 Å². The van der Waals surface area contributed by atoms with Crippen LogP contribution in [0.25, 0.3) is 11.3 Å². The number of aromatic nitrogens is 1. The molecule has 2 rings (SSSR count). The molecule has 0 saturated carbocycles. The van der Waals surface area contributed by atoms with Crippen LogP contribution in [0.5, 0.6) is 0 Å². The van der Waals surface area contributed by atoms with Gasteiger partial charge < -0.3 is 5.32 Å². The van der Waals surface area contributed by atoms with E-state index in [0.29, 0.717) is 0 Å². The molecule has 0 unspecified atom stereocenters. The van der Waals surface area contributed by atoms with Crippen LogP contribution in [-0.2, 0) is 6.42 Å². The van der Waals surface area contributed by atoms with E-state index in [-0.39, 0.29) is 0 Å². The number of pyridine rings is 1. The summed E-state index contributed by atoms with van der Waals surface area (Å²) in [7, 11) is 0. The van der Waals surface area contributed by atoms with Gasteiger partial charge in [-0.05, 0) is 31.0 Å². The molecule has 2 aromatic rings. The number of benzene rings is 1. The molecule has 94 valence electrons. The van der Waals surface area contributed by atoms with Crippen molar-refractivity contribution in [1.29, 1.82) is 0 Å². The van der Waals surface area contributed by atoms with Gasteiger partial charge in [-0.3, -0.25) is 0 Å². The van der Waals surface area contributed by atoms with Gasteiger partial charge in [0.15, 0.2) is 0 Å². The maximum Gasteiger partial charge on any atom is 0.126 e. The first-order valence-corrected chi connectivity index (χ1v) is 6.63. The summed E-state index contributed by atoms with van der Waals surface area (Å²) in [5.74, 6) is 0.938. The first-order chi connectivity index (χ1) is 8.83. The Kier molecular flexibility index (Phi) is 4.35. The van der Waals surface area contributed by atoms with Crippen LogP contribution in [0.15, 0.2) is 42.5 Å². The van der Waals surface area contributed by atoms with Gasteiger partial charge in [-0.1, -0.05) is 43.7 Å². The van der Waals surface area contributed by atoms with Crippen molar-refractivity contribution >= 4 is 5.82 Å². The summed E-state index contributed by atoms with van der Waals surface area (Å²) in [4.78, 5) is 4.60. The minimum atomic E-state index is 0.895. The normalized spacial score (nSPS) is 10.3. The lowest BCUT2D eigenvalue weighted by Crippen LogP contribution is -1.99. The van der Waals surface area contributed by atoms with Crippen LogP contribution in [0.1, 0.15) is 25.8 Å². The summed E-state index contributed by atoms with van der Waals surface area (Å²) in [6.07, 6.45) is 2.33. The third kappa shape index (κ3) is 3.10. The molecule has 1 N–H and O–H groups in total. The molecule has 0 amide bonds. The summed E-state index contributed by atoms with van der Waals surface area (Å²) in [5.41, 5.74) is 3.59. The molecule has 0 saturated heterocycles. The standard InChI is InChI=1S/C16H20N2/c1-3-6-13-9-11-14(12-10-13)15-7-5-8-16(18-15)17-4-2/h5,7-12H,3-4,6H2,1-2H3,(H,17,18). The maximum absolute atomic E-state index is 4.60. The van der Waals surface area contributed by atoms with Crippen molar-refractivity contribution < 1.29 is 0 Å². The largest absolute Gasteiger partial charge is 0.370 e. The van der Waals surface area contributed by atoms with Crippen LogP contribution in [0.4, 0.5) is 5.82 Å². The number of rotatable bonds is 5. The molecule has 1 aromatic heterocycles. The number of hydrogen-bond acceptors (Lipinski definition) is 2. The highest BCUT2D eigenvalue weighted by Gasteiger charge is 2.00. The van der Waals surface area contributed by atoms with Gasteiger partial charge in [0.05, 0.1) is 5.69 Å². The SMILES string of the molecule is CCCc1ccc(-c2cccc(NCC)n2)cc1. The molecular formula is C16H20N2. The van der Waals surface area contributed by atoms with Crippen molar-refractivity contribution in [1.82, 2.24) is 4.98 Å². The van der Waals surface area contributed by atoms with E-state index in [4.69, 9.17) is 0 Å². The van der Waals surface area contributed by atoms with E-state index >= 15 is 0 Å². The molecule has 2 heteroatoms. The summed E-state index contributed by atoms with van der Waals surface area (Å²) < 4.78 is 0. The lowest BCUT2D eigenvalue weighted by atomic mass is 10.1. The van der Waals surface area contributed by atoms with Gasteiger partial charge >= 0.3 is 0 Å². The molecule has 18 heavy (non-hydrogen) atoms. The highest BCUT2D eigenvalue weighted by Crippen LogP contribution is 2.19. The number of anilines is 1. The van der Waals surface area contributed by atoms with Crippen molar-refractivity contribution in [2.75, 3.05) is 11.9 Å². The fraction of sp³-hybridized carbons (Fsp3) is 0.312. The van der Waals surface area contributed by atoms with Crippen molar-refractivity contribution in [3.05, 3.63) is 48.0 Å². The number of aryl methyl sites for hydroxylation is 1. The number of nitrogens with one attached hydrogen (secondary N) is 1. The smallest absolute Gasteiger partial charge is 0.126 e. The van der Waals surface area contributed by atoms with E-state index in [1.165, 1.54) is 17.5 Å². The summed E-state index contributed by atoms with van der Waals surface area (Å²) >= 11 is 0. The molecule has 0 spiro atoms. The second kappa shape index (κ2) is 6.20. The van der Waals surface area contributed by atoms with E-state index in [1.54, 1.807) is 0 Å². The molecule has 2 nitrogen and oxygen atoms in total. The average molecular weight is 240 g/mol. The molecule has 0 aliphatic heterocycles. The van der Waals surface area contributed by atoms with Gasteiger partial charge in [-0.15, -0.1) is 0 Å². The zero-order chi connectivity index (χ0) is 12.8. The molecular weight excluding hydrogens is 220 g/mol. The van der Waals surface area contributed by atoms with Gasteiger partial charge in [-0.25, -0.2) is 4.98 Å². The predicted octanol–water partition coefficient (Wildman–Crippen LogP) is 4.13. The molecule has 0 fully saturated rings. The second-order valence-corrected chi connectivity index (χ2v) is 4.39. The summed E-state index contributed by atoms with van der Waals surface area (Å²) in [6, 6.07) is 14.8. The van der Waals surface area contributed by atoms with Crippen LogP contribution in [-0.4, -0.2) is 11.5 Å². The highest BCUT2D eigenvalue weighted by molar-refractivity contribution is 5.61. The Hall–Kier alpha value is -1.83. The molecule has 1 heterocycles. The Balaban J connectivity index is 2.22. The Morgan fingerprint density at radius 1 is 1.00 bits per heavy atom. The number of nitrogens with zero attached hydrogens (tertiary/aromatic N) is 1. The third-order valence-corrected chi connectivity index (χ3v) is 2.90. The molecule has 0 radical (unpaired) electrons. The minimum absolute atomic E-state index is 0.895. The van der Waals surface area contributed by atoms with E-state index in [9.17, 15) is 0 Å². The first kappa shape index (κ1) is 12.6. The van der Waals surface area contributed by atoms with Gasteiger partial charge in [0, 0.05) is 12.1 Å². The lowest BCUT2D eigenvalue weighted by molar-refractivity contribution is 0.922. The van der Waals surface area contributed by atoms with Crippen LogP contribution in [0, 0.1) is 0 Å². The Bertz CT molecular complexity index is 489. The number of hydrogen-bond donors (Lipinski definition) is 1. The third-order valence-electron chi connectivity index (χ3n) is 2.90. The zero-order valence-corrected chi connectivity index (χ0v) is 11.1. The van der Waals surface area contributed by atoms with Gasteiger partial charge in [0.2, 0.25) is 0 Å². The van der Waals surface area contributed by atoms with Gasteiger partial charge in [0.1, 0.15) is 5.82 Å². The van der Waals surface area contributed by atoms with Crippen molar-refractivity contribution in [2.45, 2.75) is 26.7 Å². The molecule has 0 atom stereocenters. The van der Waals surface area contributed by atoms with Crippen molar-refractivity contribution in [3.63, 3.8) is 0 Å². The molecule has 0 bridgehead atoms. The highest BCUT2D eigenvalue weighted by atomic mass is 15.0. The topological polar surface area (TPSA) is 24.9 Å². The Morgan fingerprint density at radius 2 is 1.78 bits per heavy atom. The second-order valence-electron chi connectivity index (χ2n) is 4.39. The van der Waals surface area contributed by atoms with E-state index in [2.05, 4.69) is 54.5 Å². The Labute approximate surface area is 109 Å². The predicted molar refractivity (Wildman–Crippen MR) is 77.8 cm³/mol. The first-order valence-electron chi connectivity index (χ1n) is 6.63. The fourth-order valence-corrected chi connectivity index (χ4v) is 2.01. The van der Waals surface area contributed by atoms with Crippen molar-refractivity contribution in [2.24, 2.45) is 0 Å². The van der Waals surface area contributed by atoms with Gasteiger partial charge in [-0.2, -0.15) is 0 Å². The minimum Gasteiger partial charge on any atom is -0.370 e. The van der Waals surface area contributed by atoms with Crippen LogP contribution in [0.3, 0.4) is 0 Å². The van der Waals surface area contributed by atoms with Crippen LogP contribution in [0.2, 0.25) is 0 Å². The fourth-order valence-electron chi connectivity index (χ4n) is 2.01. The average Bonchev–Trinajstić information content (AvgIpc) is 2.41. The lowest BCUT2D eigenvalue weighted by Gasteiger charge is -2.06. The molecule has 0 aliphatic carbocycles. The monoisotopic (exact) mass is 240 g/mol. The van der Waals surface area contributed by atoms with Crippen molar-refractivity contribution in [3.8, 4) is 11.3 Å². The maximum atomic E-state index is 4.60. The summed E-state index contributed by atoms with van der Waals surface area (Å²) in [6.45, 7) is 5.18. The van der Waals surface area contributed by atoms with E-state index in [1.807, 2.05) is 12.1 Å². The molecule has 1 aromatic carbocycles. The zero-order valence-electron chi connectivity index (χ0n) is 11.1. The van der Waals surface area contributed by atoms with Crippen LogP contribution >= 0.6 is 0 Å². The van der Waals surface area contributed by atoms with E-state index < -0.39 is 0 Å². The van der Waals surface area contributed by atoms with Gasteiger partial charge in [0.25, 0.3) is 0 Å². The summed E-state index contributed by atoms with van der Waals surface area (Å²) in [5, 5.41) is 3.24.